The average molecular weight is 594 g/mol. The van der Waals surface area contributed by atoms with Crippen LogP contribution in [0, 0.1) is 3.57 Å². The quantitative estimate of drug-likeness (QED) is 0.211. The van der Waals surface area contributed by atoms with Gasteiger partial charge in [0.1, 0.15) is 5.01 Å². The second-order valence-corrected chi connectivity index (χ2v) is 9.70. The molecule has 144 valence electrons. The molecule has 0 saturated carbocycles. The van der Waals surface area contributed by atoms with Gasteiger partial charge in [0.05, 0.1) is 15.9 Å². The Bertz CT molecular complexity index is 1210. The molecule has 0 unspecified atom stereocenters. The van der Waals surface area contributed by atoms with Crippen molar-refractivity contribution in [3.63, 3.8) is 0 Å². The van der Waals surface area contributed by atoms with E-state index in [-0.39, 0.29) is 11.0 Å². The van der Waals surface area contributed by atoms with Gasteiger partial charge in [-0.25, -0.2) is 4.98 Å². The number of rotatable bonds is 3. The second kappa shape index (κ2) is 8.86. The Hall–Kier alpha value is -1.88. The molecular weight excluding hydrogens is 581 g/mol. The van der Waals surface area contributed by atoms with E-state index in [9.17, 15) is 4.79 Å². The highest BCUT2D eigenvalue weighted by molar-refractivity contribution is 14.1. The lowest BCUT2D eigenvalue weighted by Crippen LogP contribution is -2.34. The minimum atomic E-state index is -0.268. The van der Waals surface area contributed by atoms with Crippen molar-refractivity contribution in [1.29, 1.82) is 0 Å². The molecule has 4 rings (SSSR count). The molecule has 0 saturated heterocycles. The summed E-state index contributed by atoms with van der Waals surface area (Å²) >= 11 is 12.6. The molecule has 29 heavy (non-hydrogen) atoms. The predicted octanol–water partition coefficient (Wildman–Crippen LogP) is 6.46. The fraction of sp³-hybridized carbons (Fsp3) is 0. The molecule has 2 N–H and O–H groups in total. The minimum Gasteiger partial charge on any atom is -0.332 e. The number of thiazole rings is 1. The molecule has 1 amide bonds. The number of aromatic nitrogens is 1. The number of nitrogens with one attached hydrogen (secondary N) is 2. The first-order valence-corrected chi connectivity index (χ1v) is 11.6. The van der Waals surface area contributed by atoms with Crippen molar-refractivity contribution < 1.29 is 4.79 Å². The van der Waals surface area contributed by atoms with Crippen LogP contribution in [0.1, 0.15) is 10.4 Å². The van der Waals surface area contributed by atoms with Crippen LogP contribution in [0.2, 0.25) is 0 Å². The molecule has 0 atom stereocenters. The van der Waals surface area contributed by atoms with Crippen molar-refractivity contribution >= 4 is 89.0 Å². The fourth-order valence-corrected chi connectivity index (χ4v) is 4.84. The van der Waals surface area contributed by atoms with Gasteiger partial charge >= 0.3 is 0 Å². The van der Waals surface area contributed by atoms with E-state index in [4.69, 9.17) is 17.2 Å². The molecule has 0 aliphatic heterocycles. The third-order valence-electron chi connectivity index (χ3n) is 4.07. The van der Waals surface area contributed by atoms with Crippen LogP contribution in [0.15, 0.2) is 71.2 Å². The van der Waals surface area contributed by atoms with Crippen LogP contribution in [-0.2, 0) is 0 Å². The molecule has 4 aromatic rings. The molecule has 0 bridgehead atoms. The van der Waals surface area contributed by atoms with Crippen LogP contribution in [0.3, 0.4) is 0 Å². The lowest BCUT2D eigenvalue weighted by molar-refractivity contribution is 0.0977. The summed E-state index contributed by atoms with van der Waals surface area (Å²) in [7, 11) is 0. The summed E-state index contributed by atoms with van der Waals surface area (Å²) in [5.74, 6) is -0.268. The number of para-hydroxylation sites is 1. The highest BCUT2D eigenvalue weighted by Crippen LogP contribution is 2.35. The Morgan fingerprint density at radius 3 is 2.69 bits per heavy atom. The maximum Gasteiger partial charge on any atom is 0.257 e. The number of hydrogen-bond acceptors (Lipinski definition) is 4. The van der Waals surface area contributed by atoms with Crippen molar-refractivity contribution in [2.75, 3.05) is 5.32 Å². The van der Waals surface area contributed by atoms with Crippen LogP contribution in [0.25, 0.3) is 20.8 Å². The van der Waals surface area contributed by atoms with E-state index < -0.39 is 0 Å². The summed E-state index contributed by atoms with van der Waals surface area (Å²) in [5.41, 5.74) is 3.22. The predicted molar refractivity (Wildman–Crippen MR) is 136 cm³/mol. The van der Waals surface area contributed by atoms with E-state index in [2.05, 4.69) is 61.3 Å². The summed E-state index contributed by atoms with van der Waals surface area (Å²) in [6.45, 7) is 0. The first kappa shape index (κ1) is 20.4. The number of carbonyl (C=O) groups excluding carboxylic acids is 1. The number of benzene rings is 3. The van der Waals surface area contributed by atoms with Crippen LogP contribution >= 0.6 is 62.1 Å². The van der Waals surface area contributed by atoms with Crippen LogP contribution in [-0.4, -0.2) is 16.0 Å². The Kier molecular flexibility index (Phi) is 6.23. The maximum absolute atomic E-state index is 12.5. The van der Waals surface area contributed by atoms with Crippen LogP contribution in [0.4, 0.5) is 5.69 Å². The van der Waals surface area contributed by atoms with Gasteiger partial charge in [0.25, 0.3) is 5.91 Å². The Balaban J connectivity index is 1.59. The third-order valence-corrected chi connectivity index (χ3v) is 6.51. The van der Waals surface area contributed by atoms with Crippen LogP contribution in [0.5, 0.6) is 0 Å². The summed E-state index contributed by atoms with van der Waals surface area (Å²) in [5, 5.41) is 7.01. The van der Waals surface area contributed by atoms with Crippen molar-refractivity contribution in [3.8, 4) is 10.6 Å². The molecule has 3 aromatic carbocycles. The maximum atomic E-state index is 12.5. The highest BCUT2D eigenvalue weighted by atomic mass is 127. The molecule has 0 aliphatic rings. The number of anilines is 1. The van der Waals surface area contributed by atoms with Gasteiger partial charge in [0, 0.05) is 19.2 Å². The molecule has 8 heteroatoms. The zero-order valence-electron chi connectivity index (χ0n) is 14.8. The molecule has 0 fully saturated rings. The van der Waals surface area contributed by atoms with Crippen molar-refractivity contribution in [3.05, 3.63) is 80.3 Å². The third kappa shape index (κ3) is 4.82. The average Bonchev–Trinajstić information content (AvgIpc) is 3.13. The lowest BCUT2D eigenvalue weighted by atomic mass is 10.2. The van der Waals surface area contributed by atoms with Gasteiger partial charge in [-0.15, -0.1) is 11.3 Å². The van der Waals surface area contributed by atoms with Gasteiger partial charge in [-0.2, -0.15) is 0 Å². The number of thiocarbonyl (C=S) groups is 1. The first-order valence-electron chi connectivity index (χ1n) is 8.53. The van der Waals surface area contributed by atoms with Crippen LogP contribution < -0.4 is 10.6 Å². The summed E-state index contributed by atoms with van der Waals surface area (Å²) in [4.78, 5) is 17.2. The van der Waals surface area contributed by atoms with E-state index in [1.807, 2.05) is 36.4 Å². The number of amides is 1. The largest absolute Gasteiger partial charge is 0.332 e. The molecular formula is C21H13BrIN3OS2. The lowest BCUT2D eigenvalue weighted by Gasteiger charge is -2.13. The van der Waals surface area contributed by atoms with Gasteiger partial charge in [-0.1, -0.05) is 34.1 Å². The zero-order valence-corrected chi connectivity index (χ0v) is 20.2. The molecule has 0 aliphatic carbocycles. The molecule has 0 radical (unpaired) electrons. The summed E-state index contributed by atoms with van der Waals surface area (Å²) < 4.78 is 3.05. The van der Waals surface area contributed by atoms with E-state index in [0.717, 1.165) is 34.5 Å². The van der Waals surface area contributed by atoms with Crippen molar-refractivity contribution in [2.45, 2.75) is 0 Å². The monoisotopic (exact) mass is 593 g/mol. The van der Waals surface area contributed by atoms with Gasteiger partial charge in [0.2, 0.25) is 0 Å². The normalized spacial score (nSPS) is 10.7. The van der Waals surface area contributed by atoms with Gasteiger partial charge in [0.15, 0.2) is 5.11 Å². The Labute approximate surface area is 199 Å². The van der Waals surface area contributed by atoms with Gasteiger partial charge in [-0.05, 0) is 83.3 Å². The van der Waals surface area contributed by atoms with E-state index >= 15 is 0 Å². The number of fused-ring (bicyclic) bond motifs is 1. The molecule has 0 spiro atoms. The number of carbonyl (C=O) groups is 1. The van der Waals surface area contributed by atoms with E-state index in [1.54, 1.807) is 29.5 Å². The summed E-state index contributed by atoms with van der Waals surface area (Å²) in [6, 6.07) is 21.2. The van der Waals surface area contributed by atoms with E-state index in [0.29, 0.717) is 5.56 Å². The SMILES string of the molecule is O=C(NC(=S)Nc1ccc(I)cc1-c1nc2ccccc2s1)c1cccc(Br)c1. The van der Waals surface area contributed by atoms with Crippen molar-refractivity contribution in [1.82, 2.24) is 10.3 Å². The molecule has 1 heterocycles. The minimum absolute atomic E-state index is 0.235. The van der Waals surface area contributed by atoms with Crippen molar-refractivity contribution in [2.24, 2.45) is 0 Å². The van der Waals surface area contributed by atoms with E-state index in [1.165, 1.54) is 0 Å². The Morgan fingerprint density at radius 1 is 1.07 bits per heavy atom. The van der Waals surface area contributed by atoms with Gasteiger partial charge < -0.3 is 5.32 Å². The molecule has 4 nitrogen and oxygen atoms in total. The standard InChI is InChI=1S/C21H13BrIN3OS2/c22-13-5-3-4-12(10-13)19(27)26-21(28)25-16-9-8-14(23)11-15(16)20-24-17-6-1-2-7-18(17)29-20/h1-11H,(H2,25,26,27,28). The highest BCUT2D eigenvalue weighted by Gasteiger charge is 2.14. The van der Waals surface area contributed by atoms with Gasteiger partial charge in [-0.3, -0.25) is 10.1 Å². The molecule has 1 aromatic heterocycles. The number of hydrogen-bond donors (Lipinski definition) is 2. The number of halogens is 2. The second-order valence-electron chi connectivity index (χ2n) is 6.10. The smallest absolute Gasteiger partial charge is 0.257 e. The summed E-state index contributed by atoms with van der Waals surface area (Å²) in [6.07, 6.45) is 0. The fourth-order valence-electron chi connectivity index (χ4n) is 2.75. The topological polar surface area (TPSA) is 54.0 Å². The zero-order chi connectivity index (χ0) is 20.4. The Morgan fingerprint density at radius 2 is 1.90 bits per heavy atom. The first-order chi connectivity index (χ1) is 14.0. The number of nitrogens with zero attached hydrogens (tertiary/aromatic N) is 1.